The lowest BCUT2D eigenvalue weighted by Gasteiger charge is -2.21. The van der Waals surface area contributed by atoms with Crippen molar-refractivity contribution in [1.82, 2.24) is 9.13 Å². The number of imidazole rings is 1. The molecule has 2 aromatic rings. The smallest absolute Gasteiger partial charge is 0.295 e. The molecular weight excluding hydrogens is 284 g/mol. The van der Waals surface area contributed by atoms with Crippen molar-refractivity contribution in [2.24, 2.45) is 20.0 Å². The van der Waals surface area contributed by atoms with Crippen molar-refractivity contribution >= 4 is 22.6 Å². The Kier molecular flexibility index (Phi) is 5.15. The van der Waals surface area contributed by atoms with Crippen molar-refractivity contribution in [3.05, 3.63) is 34.2 Å². The molecular formula is C17H25ClN2O. The van der Waals surface area contributed by atoms with Crippen LogP contribution >= 0.6 is 11.6 Å². The fourth-order valence-corrected chi connectivity index (χ4v) is 3.43. The molecule has 0 saturated heterocycles. The van der Waals surface area contributed by atoms with E-state index in [2.05, 4.69) is 26.0 Å². The van der Waals surface area contributed by atoms with E-state index in [4.69, 9.17) is 11.6 Å². The van der Waals surface area contributed by atoms with Gasteiger partial charge in [-0.05, 0) is 30.0 Å². The van der Waals surface area contributed by atoms with E-state index in [-0.39, 0.29) is 11.1 Å². The Hall–Kier alpha value is -1.22. The zero-order valence-corrected chi connectivity index (χ0v) is 14.2. The molecule has 0 spiro atoms. The zero-order valence-electron chi connectivity index (χ0n) is 13.4. The van der Waals surface area contributed by atoms with Crippen molar-refractivity contribution in [3.8, 4) is 0 Å². The van der Waals surface area contributed by atoms with E-state index < -0.39 is 0 Å². The van der Waals surface area contributed by atoms with Crippen molar-refractivity contribution in [1.29, 1.82) is 0 Å². The molecule has 0 saturated carbocycles. The molecule has 4 heteroatoms. The number of halogens is 1. The number of aromatic nitrogens is 2. The van der Waals surface area contributed by atoms with Gasteiger partial charge >= 0.3 is 5.69 Å². The average molecular weight is 309 g/mol. The molecule has 2 rings (SSSR count). The molecule has 21 heavy (non-hydrogen) atoms. The lowest BCUT2D eigenvalue weighted by molar-refractivity contribution is 0.437. The molecule has 2 unspecified atom stereocenters. The van der Waals surface area contributed by atoms with Gasteiger partial charge in [0, 0.05) is 14.1 Å². The molecule has 0 aliphatic heterocycles. The second-order valence-corrected chi connectivity index (χ2v) is 6.33. The highest BCUT2D eigenvalue weighted by atomic mass is 35.5. The molecule has 0 fully saturated rings. The van der Waals surface area contributed by atoms with E-state index >= 15 is 0 Å². The van der Waals surface area contributed by atoms with Crippen LogP contribution in [0.15, 0.2) is 23.0 Å². The van der Waals surface area contributed by atoms with Gasteiger partial charge in [-0.25, -0.2) is 4.79 Å². The van der Waals surface area contributed by atoms with Gasteiger partial charge in [-0.2, -0.15) is 0 Å². The van der Waals surface area contributed by atoms with Crippen molar-refractivity contribution in [2.45, 2.75) is 44.9 Å². The zero-order chi connectivity index (χ0) is 15.6. The molecule has 0 N–H and O–H groups in total. The van der Waals surface area contributed by atoms with Crippen LogP contribution in [0.4, 0.5) is 0 Å². The highest BCUT2D eigenvalue weighted by Crippen LogP contribution is 2.35. The third kappa shape index (κ3) is 3.03. The van der Waals surface area contributed by atoms with Gasteiger partial charge < -0.3 is 0 Å². The SMILES string of the molecule is CCCCC(CC)C(Cl)c1ccc2c(c1)n(C)c(=O)n2C. The molecule has 1 heterocycles. The van der Waals surface area contributed by atoms with Crippen LogP contribution in [0.1, 0.15) is 50.5 Å². The largest absolute Gasteiger partial charge is 0.328 e. The minimum atomic E-state index is 0.00583. The topological polar surface area (TPSA) is 26.9 Å². The minimum Gasteiger partial charge on any atom is -0.295 e. The molecule has 1 aromatic heterocycles. The van der Waals surface area contributed by atoms with Crippen molar-refractivity contribution in [3.63, 3.8) is 0 Å². The number of rotatable bonds is 6. The number of fused-ring (bicyclic) bond motifs is 1. The van der Waals surface area contributed by atoms with Crippen LogP contribution in [0.2, 0.25) is 0 Å². The summed E-state index contributed by atoms with van der Waals surface area (Å²) in [5.74, 6) is 0.491. The quantitative estimate of drug-likeness (QED) is 0.728. The first-order valence-corrected chi connectivity index (χ1v) is 8.24. The lowest BCUT2D eigenvalue weighted by atomic mass is 9.91. The minimum absolute atomic E-state index is 0.00583. The fraction of sp³-hybridized carbons (Fsp3) is 0.588. The summed E-state index contributed by atoms with van der Waals surface area (Å²) in [6.45, 7) is 4.41. The number of unbranched alkanes of at least 4 members (excludes halogenated alkanes) is 1. The first kappa shape index (κ1) is 16.2. The van der Waals surface area contributed by atoms with Crippen molar-refractivity contribution in [2.75, 3.05) is 0 Å². The molecule has 0 aliphatic carbocycles. The van der Waals surface area contributed by atoms with E-state index in [1.165, 1.54) is 12.8 Å². The van der Waals surface area contributed by atoms with Crippen LogP contribution in [0.3, 0.4) is 0 Å². The molecule has 1 aromatic carbocycles. The first-order valence-electron chi connectivity index (χ1n) is 7.80. The third-order valence-corrected chi connectivity index (χ3v) is 5.09. The summed E-state index contributed by atoms with van der Waals surface area (Å²) in [5.41, 5.74) is 3.03. The lowest BCUT2D eigenvalue weighted by Crippen LogP contribution is -2.19. The van der Waals surface area contributed by atoms with Gasteiger partial charge in [-0.1, -0.05) is 39.2 Å². The Labute approximate surface area is 131 Å². The van der Waals surface area contributed by atoms with E-state index in [9.17, 15) is 4.79 Å². The van der Waals surface area contributed by atoms with Crippen LogP contribution in [0.5, 0.6) is 0 Å². The fourth-order valence-electron chi connectivity index (χ4n) is 2.99. The number of aryl methyl sites for hydroxylation is 2. The average Bonchev–Trinajstić information content (AvgIpc) is 2.72. The monoisotopic (exact) mass is 308 g/mol. The summed E-state index contributed by atoms with van der Waals surface area (Å²) in [6.07, 6.45) is 4.66. The summed E-state index contributed by atoms with van der Waals surface area (Å²) in [6, 6.07) is 6.14. The molecule has 0 radical (unpaired) electrons. The van der Waals surface area contributed by atoms with Gasteiger partial charge in [-0.3, -0.25) is 9.13 Å². The van der Waals surface area contributed by atoms with Gasteiger partial charge in [0.25, 0.3) is 0 Å². The Balaban J connectivity index is 2.38. The first-order chi connectivity index (χ1) is 10.0. The van der Waals surface area contributed by atoms with Gasteiger partial charge in [0.05, 0.1) is 16.4 Å². The highest BCUT2D eigenvalue weighted by molar-refractivity contribution is 6.21. The number of alkyl halides is 1. The van der Waals surface area contributed by atoms with Gasteiger partial charge in [0.2, 0.25) is 0 Å². The predicted molar refractivity (Wildman–Crippen MR) is 90.1 cm³/mol. The Morgan fingerprint density at radius 2 is 1.81 bits per heavy atom. The molecule has 0 aliphatic rings. The maximum Gasteiger partial charge on any atom is 0.328 e. The number of nitrogens with zero attached hydrogens (tertiary/aromatic N) is 2. The van der Waals surface area contributed by atoms with Gasteiger partial charge in [0.1, 0.15) is 0 Å². The van der Waals surface area contributed by atoms with Gasteiger partial charge in [0.15, 0.2) is 0 Å². The molecule has 0 bridgehead atoms. The van der Waals surface area contributed by atoms with Crippen LogP contribution in [0, 0.1) is 5.92 Å². The Bertz CT molecular complexity index is 671. The number of hydrogen-bond donors (Lipinski definition) is 0. The second kappa shape index (κ2) is 6.69. The highest BCUT2D eigenvalue weighted by Gasteiger charge is 2.20. The maximum atomic E-state index is 12.0. The van der Waals surface area contributed by atoms with Crippen LogP contribution < -0.4 is 5.69 Å². The van der Waals surface area contributed by atoms with E-state index in [1.54, 1.807) is 16.2 Å². The van der Waals surface area contributed by atoms with Crippen LogP contribution in [0.25, 0.3) is 11.0 Å². The standard InChI is InChI=1S/C17H25ClN2O/c1-5-7-8-12(6-2)16(18)13-9-10-14-15(11-13)20(4)17(21)19(14)3/h9-12,16H,5-8H2,1-4H3. The molecule has 3 nitrogen and oxygen atoms in total. The Morgan fingerprint density at radius 1 is 1.14 bits per heavy atom. The summed E-state index contributed by atoms with van der Waals surface area (Å²) in [4.78, 5) is 12.0. The van der Waals surface area contributed by atoms with E-state index in [0.717, 1.165) is 29.4 Å². The predicted octanol–water partition coefficient (Wildman–Crippen LogP) is 4.37. The summed E-state index contributed by atoms with van der Waals surface area (Å²) in [5, 5.41) is 0.0151. The van der Waals surface area contributed by atoms with Crippen molar-refractivity contribution < 1.29 is 0 Å². The number of benzene rings is 1. The second-order valence-electron chi connectivity index (χ2n) is 5.86. The summed E-state index contributed by atoms with van der Waals surface area (Å²) < 4.78 is 3.37. The normalized spacial score (nSPS) is 14.5. The van der Waals surface area contributed by atoms with E-state index in [1.807, 2.05) is 13.1 Å². The summed E-state index contributed by atoms with van der Waals surface area (Å²) >= 11 is 6.71. The van der Waals surface area contributed by atoms with E-state index in [0.29, 0.717) is 5.92 Å². The number of hydrogen-bond acceptors (Lipinski definition) is 1. The molecule has 0 amide bonds. The maximum absolute atomic E-state index is 12.0. The van der Waals surface area contributed by atoms with Crippen LogP contribution in [-0.2, 0) is 14.1 Å². The summed E-state index contributed by atoms with van der Waals surface area (Å²) in [7, 11) is 3.62. The molecule has 116 valence electrons. The Morgan fingerprint density at radius 3 is 2.43 bits per heavy atom. The van der Waals surface area contributed by atoms with Crippen LogP contribution in [-0.4, -0.2) is 9.13 Å². The molecule has 2 atom stereocenters. The third-order valence-electron chi connectivity index (χ3n) is 4.48. The van der Waals surface area contributed by atoms with Gasteiger partial charge in [-0.15, -0.1) is 11.6 Å².